The summed E-state index contributed by atoms with van der Waals surface area (Å²) >= 11 is 0. The SMILES string of the molecule is O=C(Cc1ccc(-c2ccccc2)cc1)N[C@H]1CC(=O)N(c2cccc(F)c2)C1. The molecule has 4 rings (SSSR count). The fraction of sp³-hybridized carbons (Fsp3) is 0.167. The second-order valence-electron chi connectivity index (χ2n) is 7.19. The van der Waals surface area contributed by atoms with Crippen molar-refractivity contribution in [2.45, 2.75) is 18.9 Å². The first-order chi connectivity index (χ1) is 14.1. The number of nitrogens with zero attached hydrogens (tertiary/aromatic N) is 1. The minimum Gasteiger partial charge on any atom is -0.351 e. The number of nitrogens with one attached hydrogen (secondary N) is 1. The van der Waals surface area contributed by atoms with Gasteiger partial charge in [0.25, 0.3) is 0 Å². The van der Waals surface area contributed by atoms with Gasteiger partial charge in [0.15, 0.2) is 0 Å². The van der Waals surface area contributed by atoms with Crippen LogP contribution in [-0.4, -0.2) is 24.4 Å². The van der Waals surface area contributed by atoms with Crippen molar-refractivity contribution in [1.82, 2.24) is 5.32 Å². The first-order valence-electron chi connectivity index (χ1n) is 9.58. The van der Waals surface area contributed by atoms with Gasteiger partial charge in [-0.25, -0.2) is 4.39 Å². The third-order valence-electron chi connectivity index (χ3n) is 5.04. The van der Waals surface area contributed by atoms with Crippen LogP contribution < -0.4 is 10.2 Å². The van der Waals surface area contributed by atoms with Crippen molar-refractivity contribution in [1.29, 1.82) is 0 Å². The molecular weight excluding hydrogens is 367 g/mol. The van der Waals surface area contributed by atoms with E-state index in [1.165, 1.54) is 17.0 Å². The normalized spacial score (nSPS) is 16.1. The van der Waals surface area contributed by atoms with E-state index in [0.717, 1.165) is 16.7 Å². The summed E-state index contributed by atoms with van der Waals surface area (Å²) in [6.45, 7) is 0.348. The molecule has 3 aromatic carbocycles. The Bertz CT molecular complexity index is 1020. The van der Waals surface area contributed by atoms with Crippen molar-refractivity contribution in [2.75, 3.05) is 11.4 Å². The zero-order chi connectivity index (χ0) is 20.2. The first-order valence-corrected chi connectivity index (χ1v) is 9.58. The molecule has 0 aromatic heterocycles. The largest absolute Gasteiger partial charge is 0.351 e. The standard InChI is InChI=1S/C24H21FN2O2/c25-20-7-4-8-22(14-20)27-16-21(15-24(27)29)26-23(28)13-17-9-11-19(12-10-17)18-5-2-1-3-6-18/h1-12,14,21H,13,15-16H2,(H,26,28)/t21-/m0/s1. The second-order valence-corrected chi connectivity index (χ2v) is 7.19. The highest BCUT2D eigenvalue weighted by molar-refractivity contribution is 5.96. The van der Waals surface area contributed by atoms with E-state index in [9.17, 15) is 14.0 Å². The number of hydrogen-bond donors (Lipinski definition) is 1. The molecule has 0 radical (unpaired) electrons. The molecular formula is C24H21FN2O2. The maximum absolute atomic E-state index is 13.4. The fourth-order valence-corrected chi connectivity index (χ4v) is 3.61. The Hall–Kier alpha value is -3.47. The van der Waals surface area contributed by atoms with Crippen molar-refractivity contribution < 1.29 is 14.0 Å². The van der Waals surface area contributed by atoms with Gasteiger partial charge in [-0.2, -0.15) is 0 Å². The minimum absolute atomic E-state index is 0.117. The molecule has 146 valence electrons. The highest BCUT2D eigenvalue weighted by Crippen LogP contribution is 2.23. The van der Waals surface area contributed by atoms with Gasteiger partial charge in [-0.3, -0.25) is 9.59 Å². The molecule has 2 amide bonds. The molecule has 0 aliphatic carbocycles. The number of rotatable bonds is 5. The first kappa shape index (κ1) is 18.9. The summed E-state index contributed by atoms with van der Waals surface area (Å²) < 4.78 is 13.4. The van der Waals surface area contributed by atoms with Gasteiger partial charge in [-0.1, -0.05) is 60.7 Å². The molecule has 1 aliphatic heterocycles. The van der Waals surface area contributed by atoms with Gasteiger partial charge in [0.1, 0.15) is 5.82 Å². The van der Waals surface area contributed by atoms with Crippen molar-refractivity contribution in [2.24, 2.45) is 0 Å². The van der Waals surface area contributed by atoms with E-state index in [0.29, 0.717) is 12.2 Å². The van der Waals surface area contributed by atoms with Gasteiger partial charge >= 0.3 is 0 Å². The highest BCUT2D eigenvalue weighted by atomic mass is 19.1. The van der Waals surface area contributed by atoms with Crippen molar-refractivity contribution in [3.8, 4) is 11.1 Å². The molecule has 4 nitrogen and oxygen atoms in total. The third kappa shape index (κ3) is 4.51. The number of halogens is 1. The molecule has 1 aliphatic rings. The molecule has 0 bridgehead atoms. The minimum atomic E-state index is -0.387. The average Bonchev–Trinajstić information content (AvgIpc) is 3.09. The number of hydrogen-bond acceptors (Lipinski definition) is 2. The summed E-state index contributed by atoms with van der Waals surface area (Å²) in [7, 11) is 0. The molecule has 0 saturated carbocycles. The molecule has 1 fully saturated rings. The molecule has 0 unspecified atom stereocenters. The number of carbonyl (C=O) groups excluding carboxylic acids is 2. The molecule has 0 spiro atoms. The van der Waals surface area contributed by atoms with Crippen LogP contribution in [0, 0.1) is 5.82 Å². The van der Waals surface area contributed by atoms with Crippen LogP contribution in [-0.2, 0) is 16.0 Å². The lowest BCUT2D eigenvalue weighted by atomic mass is 10.0. The van der Waals surface area contributed by atoms with E-state index in [-0.39, 0.29) is 36.5 Å². The van der Waals surface area contributed by atoms with Crippen molar-refractivity contribution in [3.05, 3.63) is 90.2 Å². The summed E-state index contributed by atoms with van der Waals surface area (Å²) in [6, 6.07) is 23.6. The Morgan fingerprint density at radius 1 is 0.966 bits per heavy atom. The lowest BCUT2D eigenvalue weighted by Crippen LogP contribution is -2.38. The summed E-state index contributed by atoms with van der Waals surface area (Å²) in [6.07, 6.45) is 0.467. The van der Waals surface area contributed by atoms with Gasteiger partial charge < -0.3 is 10.2 Å². The Balaban J connectivity index is 1.35. The zero-order valence-electron chi connectivity index (χ0n) is 15.8. The predicted octanol–water partition coefficient (Wildman–Crippen LogP) is 3.96. The van der Waals surface area contributed by atoms with E-state index in [4.69, 9.17) is 0 Å². The molecule has 1 N–H and O–H groups in total. The van der Waals surface area contributed by atoms with Crippen LogP contribution in [0.5, 0.6) is 0 Å². The van der Waals surface area contributed by atoms with Crippen LogP contribution in [0.3, 0.4) is 0 Å². The van der Waals surface area contributed by atoms with Gasteiger partial charge in [0, 0.05) is 18.7 Å². The van der Waals surface area contributed by atoms with E-state index in [1.54, 1.807) is 12.1 Å². The zero-order valence-corrected chi connectivity index (χ0v) is 15.8. The van der Waals surface area contributed by atoms with Crippen LogP contribution >= 0.6 is 0 Å². The average molecular weight is 388 g/mol. The van der Waals surface area contributed by atoms with E-state index in [2.05, 4.69) is 5.32 Å². The Morgan fingerprint density at radius 3 is 2.41 bits per heavy atom. The Labute approximate surface area is 169 Å². The second kappa shape index (κ2) is 8.27. The number of carbonyl (C=O) groups is 2. The summed E-state index contributed by atoms with van der Waals surface area (Å²) in [5, 5.41) is 2.92. The van der Waals surface area contributed by atoms with Crippen LogP contribution in [0.2, 0.25) is 0 Å². The number of amides is 2. The monoisotopic (exact) mass is 388 g/mol. The topological polar surface area (TPSA) is 49.4 Å². The maximum Gasteiger partial charge on any atom is 0.229 e. The predicted molar refractivity (Wildman–Crippen MR) is 111 cm³/mol. The fourth-order valence-electron chi connectivity index (χ4n) is 3.61. The van der Waals surface area contributed by atoms with E-state index < -0.39 is 0 Å². The molecule has 1 heterocycles. The highest BCUT2D eigenvalue weighted by Gasteiger charge is 2.31. The Kier molecular flexibility index (Phi) is 5.38. The van der Waals surface area contributed by atoms with Crippen molar-refractivity contribution in [3.63, 3.8) is 0 Å². The quantitative estimate of drug-likeness (QED) is 0.719. The lowest BCUT2D eigenvalue weighted by Gasteiger charge is -2.17. The van der Waals surface area contributed by atoms with Crippen LogP contribution in [0.1, 0.15) is 12.0 Å². The van der Waals surface area contributed by atoms with Gasteiger partial charge in [0.05, 0.1) is 12.5 Å². The molecule has 3 aromatic rings. The van der Waals surface area contributed by atoms with Crippen LogP contribution in [0.25, 0.3) is 11.1 Å². The molecule has 1 saturated heterocycles. The van der Waals surface area contributed by atoms with E-state index >= 15 is 0 Å². The summed E-state index contributed by atoms with van der Waals surface area (Å²) in [5.74, 6) is -0.633. The number of anilines is 1. The van der Waals surface area contributed by atoms with Gasteiger partial charge in [-0.05, 0) is 34.9 Å². The lowest BCUT2D eigenvalue weighted by molar-refractivity contribution is -0.121. The Morgan fingerprint density at radius 2 is 1.69 bits per heavy atom. The summed E-state index contributed by atoms with van der Waals surface area (Å²) in [4.78, 5) is 26.2. The molecule has 29 heavy (non-hydrogen) atoms. The van der Waals surface area contributed by atoms with Gasteiger partial charge in [-0.15, -0.1) is 0 Å². The number of benzene rings is 3. The van der Waals surface area contributed by atoms with Crippen LogP contribution in [0.15, 0.2) is 78.9 Å². The molecule has 5 heteroatoms. The van der Waals surface area contributed by atoms with Crippen molar-refractivity contribution >= 4 is 17.5 Å². The van der Waals surface area contributed by atoms with Crippen LogP contribution in [0.4, 0.5) is 10.1 Å². The van der Waals surface area contributed by atoms with E-state index in [1.807, 2.05) is 54.6 Å². The van der Waals surface area contributed by atoms with Gasteiger partial charge in [0.2, 0.25) is 11.8 Å². The summed E-state index contributed by atoms with van der Waals surface area (Å²) in [5.41, 5.74) is 3.66. The third-order valence-corrected chi connectivity index (χ3v) is 5.04. The smallest absolute Gasteiger partial charge is 0.229 e. The molecule has 1 atom stereocenters. The maximum atomic E-state index is 13.4.